The first-order valence-corrected chi connectivity index (χ1v) is 8.36. The highest BCUT2D eigenvalue weighted by molar-refractivity contribution is 5.91. The average Bonchev–Trinajstić information content (AvgIpc) is 3.26. The molecule has 0 N–H and O–H groups in total. The van der Waals surface area contributed by atoms with Gasteiger partial charge in [0.15, 0.2) is 0 Å². The van der Waals surface area contributed by atoms with E-state index in [1.165, 1.54) is 19.0 Å². The van der Waals surface area contributed by atoms with Crippen LogP contribution in [0.15, 0.2) is 16.8 Å². The molecule has 0 saturated carbocycles. The van der Waals surface area contributed by atoms with Crippen molar-refractivity contribution in [2.24, 2.45) is 5.92 Å². The SMILES string of the molecule is O=C(c1ccno1)N1CC[C@H]2[C@H]1CCN2CC1CCOCC1. The molecule has 120 valence electrons. The maximum atomic E-state index is 12.5. The van der Waals surface area contributed by atoms with Crippen molar-refractivity contribution in [1.82, 2.24) is 15.0 Å². The number of amides is 1. The lowest BCUT2D eigenvalue weighted by Crippen LogP contribution is -2.41. The molecule has 6 heteroatoms. The van der Waals surface area contributed by atoms with Gasteiger partial charge in [-0.2, -0.15) is 0 Å². The third-order valence-electron chi connectivity index (χ3n) is 5.43. The summed E-state index contributed by atoms with van der Waals surface area (Å²) in [6.45, 7) is 4.91. The monoisotopic (exact) mass is 305 g/mol. The molecule has 0 aromatic carbocycles. The summed E-state index contributed by atoms with van der Waals surface area (Å²) >= 11 is 0. The highest BCUT2D eigenvalue weighted by Gasteiger charge is 2.45. The van der Waals surface area contributed by atoms with E-state index in [-0.39, 0.29) is 5.91 Å². The molecule has 22 heavy (non-hydrogen) atoms. The molecular formula is C16H23N3O3. The highest BCUT2D eigenvalue weighted by Crippen LogP contribution is 2.34. The van der Waals surface area contributed by atoms with Crippen LogP contribution in [0.5, 0.6) is 0 Å². The minimum atomic E-state index is -0.00193. The molecule has 0 radical (unpaired) electrons. The van der Waals surface area contributed by atoms with Crippen LogP contribution in [0.2, 0.25) is 0 Å². The van der Waals surface area contributed by atoms with Gasteiger partial charge in [0, 0.05) is 51.0 Å². The van der Waals surface area contributed by atoms with Crippen LogP contribution in [-0.2, 0) is 4.74 Å². The predicted molar refractivity (Wildman–Crippen MR) is 79.5 cm³/mol. The minimum Gasteiger partial charge on any atom is -0.381 e. The van der Waals surface area contributed by atoms with Crippen LogP contribution in [0.1, 0.15) is 36.2 Å². The Bertz CT molecular complexity index is 513. The number of ether oxygens (including phenoxy) is 1. The van der Waals surface area contributed by atoms with E-state index in [1.807, 2.05) is 4.90 Å². The average molecular weight is 305 g/mol. The number of hydrogen-bond acceptors (Lipinski definition) is 5. The van der Waals surface area contributed by atoms with E-state index in [0.717, 1.165) is 51.6 Å². The Morgan fingerprint density at radius 2 is 2.00 bits per heavy atom. The summed E-state index contributed by atoms with van der Waals surface area (Å²) < 4.78 is 10.5. The molecule has 1 aromatic heterocycles. The number of fused-ring (bicyclic) bond motifs is 1. The lowest BCUT2D eigenvalue weighted by atomic mass is 9.99. The van der Waals surface area contributed by atoms with Gasteiger partial charge >= 0.3 is 0 Å². The van der Waals surface area contributed by atoms with Gasteiger partial charge in [-0.15, -0.1) is 0 Å². The molecule has 3 fully saturated rings. The summed E-state index contributed by atoms with van der Waals surface area (Å²) in [7, 11) is 0. The van der Waals surface area contributed by atoms with Gasteiger partial charge in [0.05, 0.1) is 6.20 Å². The molecule has 0 unspecified atom stereocenters. The summed E-state index contributed by atoms with van der Waals surface area (Å²) in [4.78, 5) is 17.1. The second-order valence-corrected chi connectivity index (χ2v) is 6.64. The highest BCUT2D eigenvalue weighted by atomic mass is 16.5. The van der Waals surface area contributed by atoms with E-state index >= 15 is 0 Å². The quantitative estimate of drug-likeness (QED) is 0.844. The van der Waals surface area contributed by atoms with E-state index in [4.69, 9.17) is 9.26 Å². The van der Waals surface area contributed by atoms with Crippen LogP contribution in [0.4, 0.5) is 0 Å². The first-order chi connectivity index (χ1) is 10.8. The van der Waals surface area contributed by atoms with Crippen molar-refractivity contribution >= 4 is 5.91 Å². The van der Waals surface area contributed by atoms with E-state index < -0.39 is 0 Å². The summed E-state index contributed by atoms with van der Waals surface area (Å²) in [5.74, 6) is 1.12. The van der Waals surface area contributed by atoms with Gasteiger partial charge in [-0.05, 0) is 31.6 Å². The van der Waals surface area contributed by atoms with Crippen molar-refractivity contribution in [3.05, 3.63) is 18.0 Å². The summed E-state index contributed by atoms with van der Waals surface area (Å²) in [5.41, 5.74) is 0. The molecule has 3 aliphatic rings. The molecule has 0 spiro atoms. The number of likely N-dealkylation sites (tertiary alicyclic amines) is 2. The van der Waals surface area contributed by atoms with Gasteiger partial charge in [-0.3, -0.25) is 9.69 Å². The first kappa shape index (κ1) is 14.2. The van der Waals surface area contributed by atoms with Gasteiger partial charge in [0.1, 0.15) is 0 Å². The fourth-order valence-corrected chi connectivity index (χ4v) is 4.28. The van der Waals surface area contributed by atoms with Gasteiger partial charge in [-0.1, -0.05) is 5.16 Å². The maximum absolute atomic E-state index is 12.5. The summed E-state index contributed by atoms with van der Waals surface area (Å²) in [6, 6.07) is 2.52. The van der Waals surface area contributed by atoms with Gasteiger partial charge < -0.3 is 14.2 Å². The summed E-state index contributed by atoms with van der Waals surface area (Å²) in [5, 5.41) is 3.65. The molecule has 4 heterocycles. The lowest BCUT2D eigenvalue weighted by Gasteiger charge is -2.30. The number of carbonyl (C=O) groups excluding carboxylic acids is 1. The van der Waals surface area contributed by atoms with Crippen LogP contribution in [0, 0.1) is 5.92 Å². The summed E-state index contributed by atoms with van der Waals surface area (Å²) in [6.07, 6.45) is 6.04. The van der Waals surface area contributed by atoms with Gasteiger partial charge in [0.2, 0.25) is 5.76 Å². The Balaban J connectivity index is 1.39. The smallest absolute Gasteiger partial charge is 0.292 e. The molecule has 4 rings (SSSR count). The standard InChI is InChI=1S/C16H23N3O3/c20-16(15-1-6-17-22-15)19-8-3-13-14(19)2-7-18(13)11-12-4-9-21-10-5-12/h1,6,12-14H,2-5,7-11H2/t13-,14+/m0/s1. The van der Waals surface area contributed by atoms with E-state index in [2.05, 4.69) is 10.1 Å². The van der Waals surface area contributed by atoms with Crippen molar-refractivity contribution in [2.45, 2.75) is 37.8 Å². The third-order valence-corrected chi connectivity index (χ3v) is 5.43. The molecule has 1 aromatic rings. The minimum absolute atomic E-state index is 0.00193. The topological polar surface area (TPSA) is 58.8 Å². The van der Waals surface area contributed by atoms with Crippen LogP contribution in [0.3, 0.4) is 0 Å². The number of nitrogens with zero attached hydrogens (tertiary/aromatic N) is 3. The fourth-order valence-electron chi connectivity index (χ4n) is 4.28. The zero-order valence-corrected chi connectivity index (χ0v) is 12.8. The van der Waals surface area contributed by atoms with Crippen molar-refractivity contribution in [3.8, 4) is 0 Å². The predicted octanol–water partition coefficient (Wildman–Crippen LogP) is 1.39. The van der Waals surface area contributed by atoms with Crippen molar-refractivity contribution < 1.29 is 14.1 Å². The van der Waals surface area contributed by atoms with Crippen LogP contribution >= 0.6 is 0 Å². The van der Waals surface area contributed by atoms with Gasteiger partial charge in [0.25, 0.3) is 5.91 Å². The largest absolute Gasteiger partial charge is 0.381 e. The Morgan fingerprint density at radius 1 is 1.18 bits per heavy atom. The number of aromatic nitrogens is 1. The van der Waals surface area contributed by atoms with Crippen LogP contribution in [0.25, 0.3) is 0 Å². The third kappa shape index (κ3) is 2.54. The molecule has 0 bridgehead atoms. The Kier molecular flexibility index (Phi) is 3.88. The van der Waals surface area contributed by atoms with E-state index in [9.17, 15) is 4.79 Å². The normalized spacial score (nSPS) is 29.9. The number of carbonyl (C=O) groups is 1. The molecule has 3 aliphatic heterocycles. The molecule has 1 amide bonds. The molecular weight excluding hydrogens is 282 g/mol. The Hall–Kier alpha value is -1.40. The fraction of sp³-hybridized carbons (Fsp3) is 0.750. The zero-order chi connectivity index (χ0) is 14.9. The second-order valence-electron chi connectivity index (χ2n) is 6.64. The maximum Gasteiger partial charge on any atom is 0.292 e. The van der Waals surface area contributed by atoms with Crippen molar-refractivity contribution in [1.29, 1.82) is 0 Å². The van der Waals surface area contributed by atoms with Crippen LogP contribution < -0.4 is 0 Å². The Morgan fingerprint density at radius 3 is 2.77 bits per heavy atom. The van der Waals surface area contributed by atoms with Crippen LogP contribution in [-0.4, -0.2) is 65.8 Å². The van der Waals surface area contributed by atoms with Gasteiger partial charge in [-0.25, -0.2) is 0 Å². The first-order valence-electron chi connectivity index (χ1n) is 8.36. The molecule has 2 atom stereocenters. The molecule has 0 aliphatic carbocycles. The molecule has 6 nitrogen and oxygen atoms in total. The Labute approximate surface area is 130 Å². The molecule has 3 saturated heterocycles. The van der Waals surface area contributed by atoms with Crippen molar-refractivity contribution in [3.63, 3.8) is 0 Å². The zero-order valence-electron chi connectivity index (χ0n) is 12.8. The second kappa shape index (κ2) is 6.01. The number of hydrogen-bond donors (Lipinski definition) is 0. The van der Waals surface area contributed by atoms with E-state index in [0.29, 0.717) is 17.8 Å². The van der Waals surface area contributed by atoms with Crippen molar-refractivity contribution in [2.75, 3.05) is 32.8 Å². The van der Waals surface area contributed by atoms with E-state index in [1.54, 1.807) is 6.07 Å². The number of rotatable bonds is 3. The lowest BCUT2D eigenvalue weighted by molar-refractivity contribution is 0.0501.